The van der Waals surface area contributed by atoms with Gasteiger partial charge in [0.05, 0.1) is 11.8 Å². The molecular weight excluding hydrogens is 286 g/mol. The summed E-state index contributed by atoms with van der Waals surface area (Å²) in [5.74, 6) is 0.0502. The molecule has 0 aliphatic rings. The first-order chi connectivity index (χ1) is 9.92. The Hall–Kier alpha value is -1.85. The van der Waals surface area contributed by atoms with Crippen LogP contribution >= 0.6 is 0 Å². The number of aromatic hydroxyl groups is 1. The molecule has 0 saturated carbocycles. The highest BCUT2D eigenvalue weighted by Gasteiger charge is 2.25. The molecule has 0 saturated heterocycles. The highest BCUT2D eigenvalue weighted by atomic mass is 32.2. The van der Waals surface area contributed by atoms with Crippen molar-refractivity contribution in [3.05, 3.63) is 65.7 Å². The number of benzene rings is 2. The molecule has 21 heavy (non-hydrogen) atoms. The second kappa shape index (κ2) is 6.28. The Balaban J connectivity index is 2.22. The monoisotopic (exact) mass is 305 g/mol. The van der Waals surface area contributed by atoms with Gasteiger partial charge in [-0.3, -0.25) is 0 Å². The smallest absolute Gasteiger partial charge is 0.218 e. The van der Waals surface area contributed by atoms with E-state index in [1.54, 1.807) is 43.3 Å². The third-order valence-electron chi connectivity index (χ3n) is 3.56. The van der Waals surface area contributed by atoms with Crippen molar-refractivity contribution in [2.45, 2.75) is 18.7 Å². The first-order valence-electron chi connectivity index (χ1n) is 6.69. The molecule has 1 N–H and O–H groups in total. The largest absolute Gasteiger partial charge is 0.508 e. The van der Waals surface area contributed by atoms with E-state index in [0.717, 1.165) is 5.56 Å². The average Bonchev–Trinajstić information content (AvgIpc) is 2.47. The Morgan fingerprint density at radius 3 is 2.24 bits per heavy atom. The van der Waals surface area contributed by atoms with Crippen molar-refractivity contribution < 1.29 is 13.5 Å². The number of phenolic OH excluding ortho intramolecular Hbond substituents is 1. The Morgan fingerprint density at radius 2 is 1.62 bits per heavy atom. The van der Waals surface area contributed by atoms with Crippen molar-refractivity contribution in [2.24, 2.45) is 0 Å². The second-order valence-corrected chi connectivity index (χ2v) is 7.02. The maximum absolute atomic E-state index is 12.5. The normalized spacial score (nSPS) is 13.3. The summed E-state index contributed by atoms with van der Waals surface area (Å²) < 4.78 is 26.2. The number of phenols is 1. The minimum absolute atomic E-state index is 0.0533. The molecule has 0 amide bonds. The van der Waals surface area contributed by atoms with Gasteiger partial charge in [-0.15, -0.1) is 0 Å². The van der Waals surface area contributed by atoms with Gasteiger partial charge in [-0.25, -0.2) is 8.42 Å². The molecule has 0 spiro atoms. The fourth-order valence-corrected chi connectivity index (χ4v) is 3.58. The van der Waals surface area contributed by atoms with Crippen molar-refractivity contribution in [3.63, 3.8) is 0 Å². The summed E-state index contributed by atoms with van der Waals surface area (Å²) in [7, 11) is -1.92. The van der Waals surface area contributed by atoms with E-state index in [9.17, 15) is 13.5 Å². The maximum Gasteiger partial charge on any atom is 0.218 e. The van der Waals surface area contributed by atoms with Gasteiger partial charge in [0, 0.05) is 12.6 Å². The molecule has 112 valence electrons. The molecule has 0 aliphatic heterocycles. The molecule has 2 aromatic rings. The minimum atomic E-state index is -3.46. The molecule has 1 atom stereocenters. The zero-order valence-corrected chi connectivity index (χ0v) is 12.9. The molecule has 0 heterocycles. The summed E-state index contributed by atoms with van der Waals surface area (Å²) in [5.41, 5.74) is 1.34. The number of nitrogens with zero attached hydrogens (tertiary/aromatic N) is 1. The topological polar surface area (TPSA) is 57.6 Å². The maximum atomic E-state index is 12.5. The van der Waals surface area contributed by atoms with Crippen LogP contribution in [0.4, 0.5) is 0 Å². The SMILES string of the molecule is CC(c1ccccc1O)N(C)S(=O)(=O)Cc1ccccc1. The minimum Gasteiger partial charge on any atom is -0.508 e. The number of sulfonamides is 1. The van der Waals surface area contributed by atoms with Crippen LogP contribution < -0.4 is 0 Å². The summed E-state index contributed by atoms with van der Waals surface area (Å²) in [5, 5.41) is 9.86. The summed E-state index contributed by atoms with van der Waals surface area (Å²) in [6.45, 7) is 1.76. The predicted molar refractivity (Wildman–Crippen MR) is 83.4 cm³/mol. The molecule has 0 fully saturated rings. The zero-order valence-electron chi connectivity index (χ0n) is 12.1. The van der Waals surface area contributed by atoms with E-state index >= 15 is 0 Å². The van der Waals surface area contributed by atoms with Crippen LogP contribution in [0.1, 0.15) is 24.1 Å². The van der Waals surface area contributed by atoms with Crippen LogP contribution in [0.25, 0.3) is 0 Å². The summed E-state index contributed by atoms with van der Waals surface area (Å²) in [4.78, 5) is 0. The van der Waals surface area contributed by atoms with Crippen LogP contribution in [0.2, 0.25) is 0 Å². The van der Waals surface area contributed by atoms with Crippen LogP contribution in [0.15, 0.2) is 54.6 Å². The second-order valence-electron chi connectivity index (χ2n) is 4.99. The third-order valence-corrected chi connectivity index (χ3v) is 5.45. The number of hydrogen-bond acceptors (Lipinski definition) is 3. The molecule has 0 aromatic heterocycles. The molecule has 1 unspecified atom stereocenters. The Morgan fingerprint density at radius 1 is 1.05 bits per heavy atom. The molecule has 0 bridgehead atoms. The van der Waals surface area contributed by atoms with Gasteiger partial charge in [-0.05, 0) is 18.6 Å². The lowest BCUT2D eigenvalue weighted by Crippen LogP contribution is -2.30. The predicted octanol–water partition coefficient (Wildman–Crippen LogP) is 2.92. The number of hydrogen-bond donors (Lipinski definition) is 1. The van der Waals surface area contributed by atoms with Crippen LogP contribution in [0.5, 0.6) is 5.75 Å². The van der Waals surface area contributed by atoms with E-state index in [4.69, 9.17) is 0 Å². The Labute approximate surface area is 125 Å². The highest BCUT2D eigenvalue weighted by molar-refractivity contribution is 7.88. The van der Waals surface area contributed by atoms with Gasteiger partial charge in [0.1, 0.15) is 5.75 Å². The van der Waals surface area contributed by atoms with Gasteiger partial charge in [0.15, 0.2) is 0 Å². The first kappa shape index (κ1) is 15.5. The van der Waals surface area contributed by atoms with Gasteiger partial charge in [0.2, 0.25) is 10.0 Å². The van der Waals surface area contributed by atoms with Gasteiger partial charge >= 0.3 is 0 Å². The van der Waals surface area contributed by atoms with Gasteiger partial charge in [0.25, 0.3) is 0 Å². The summed E-state index contributed by atoms with van der Waals surface area (Å²) in [6, 6.07) is 15.4. The summed E-state index contributed by atoms with van der Waals surface area (Å²) in [6.07, 6.45) is 0. The molecule has 4 nitrogen and oxygen atoms in total. The first-order valence-corrected chi connectivity index (χ1v) is 8.30. The highest BCUT2D eigenvalue weighted by Crippen LogP contribution is 2.29. The van der Waals surface area contributed by atoms with Gasteiger partial charge in [-0.2, -0.15) is 4.31 Å². The van der Waals surface area contributed by atoms with Gasteiger partial charge < -0.3 is 5.11 Å². The van der Waals surface area contributed by atoms with Crippen molar-refractivity contribution in [1.29, 1.82) is 0 Å². The van der Waals surface area contributed by atoms with E-state index in [0.29, 0.717) is 5.56 Å². The van der Waals surface area contributed by atoms with Crippen LogP contribution in [0.3, 0.4) is 0 Å². The lowest BCUT2D eigenvalue weighted by Gasteiger charge is -2.25. The number of rotatable bonds is 5. The molecule has 0 radical (unpaired) electrons. The lowest BCUT2D eigenvalue weighted by molar-refractivity contribution is 0.380. The Bertz CT molecular complexity index is 698. The van der Waals surface area contributed by atoms with E-state index in [1.165, 1.54) is 11.4 Å². The van der Waals surface area contributed by atoms with Crippen molar-refractivity contribution in [2.75, 3.05) is 7.05 Å². The van der Waals surface area contributed by atoms with Crippen LogP contribution in [0, 0.1) is 0 Å². The molecule has 0 aliphatic carbocycles. The average molecular weight is 305 g/mol. The fourth-order valence-electron chi connectivity index (χ4n) is 2.16. The molecular formula is C16H19NO3S. The van der Waals surface area contributed by atoms with Crippen molar-refractivity contribution >= 4 is 10.0 Å². The lowest BCUT2D eigenvalue weighted by atomic mass is 10.1. The number of para-hydroxylation sites is 1. The van der Waals surface area contributed by atoms with E-state index in [1.807, 2.05) is 18.2 Å². The van der Waals surface area contributed by atoms with Crippen LogP contribution in [-0.2, 0) is 15.8 Å². The van der Waals surface area contributed by atoms with Crippen LogP contribution in [-0.4, -0.2) is 24.9 Å². The van der Waals surface area contributed by atoms with Gasteiger partial charge in [-0.1, -0.05) is 48.5 Å². The molecule has 2 rings (SSSR count). The Kier molecular flexibility index (Phi) is 4.65. The third kappa shape index (κ3) is 3.62. The fraction of sp³-hybridized carbons (Fsp3) is 0.250. The summed E-state index contributed by atoms with van der Waals surface area (Å²) >= 11 is 0. The molecule has 5 heteroatoms. The standard InChI is InChI=1S/C16H19NO3S/c1-13(15-10-6-7-11-16(15)18)17(2)21(19,20)12-14-8-4-3-5-9-14/h3-11,13,18H,12H2,1-2H3. The van der Waals surface area contributed by atoms with E-state index in [-0.39, 0.29) is 11.5 Å². The van der Waals surface area contributed by atoms with E-state index in [2.05, 4.69) is 0 Å². The molecule has 2 aromatic carbocycles. The quantitative estimate of drug-likeness (QED) is 0.924. The van der Waals surface area contributed by atoms with Crippen molar-refractivity contribution in [1.82, 2.24) is 4.31 Å². The van der Waals surface area contributed by atoms with Crippen molar-refractivity contribution in [3.8, 4) is 5.75 Å². The zero-order chi connectivity index (χ0) is 15.5. The van der Waals surface area contributed by atoms with E-state index < -0.39 is 16.1 Å².